The zero-order valence-corrected chi connectivity index (χ0v) is 13.4. The van der Waals surface area contributed by atoms with Gasteiger partial charge in [0.05, 0.1) is 18.8 Å². The second-order valence-electron chi connectivity index (χ2n) is 5.98. The van der Waals surface area contributed by atoms with Crippen LogP contribution in [0.3, 0.4) is 0 Å². The Bertz CT molecular complexity index is 630. The molecule has 1 amide bonds. The van der Waals surface area contributed by atoms with E-state index in [-0.39, 0.29) is 18.1 Å². The molecule has 0 spiro atoms. The lowest BCUT2D eigenvalue weighted by atomic mass is 10.0. The van der Waals surface area contributed by atoms with Crippen LogP contribution in [0.2, 0.25) is 0 Å². The summed E-state index contributed by atoms with van der Waals surface area (Å²) in [6, 6.07) is 14.0. The number of ether oxygens (including phenoxy) is 1. The van der Waals surface area contributed by atoms with Crippen LogP contribution >= 0.6 is 0 Å². The summed E-state index contributed by atoms with van der Waals surface area (Å²) in [6.45, 7) is 3.22. The first-order valence-corrected chi connectivity index (χ1v) is 8.09. The maximum atomic E-state index is 12.8. The Labute approximate surface area is 137 Å². The Balaban J connectivity index is 1.70. The zero-order chi connectivity index (χ0) is 16.1. The Morgan fingerprint density at radius 1 is 1.26 bits per heavy atom. The van der Waals surface area contributed by atoms with Crippen molar-refractivity contribution in [2.45, 2.75) is 31.9 Å². The molecule has 1 aliphatic heterocycles. The van der Waals surface area contributed by atoms with E-state index in [1.165, 1.54) is 0 Å². The van der Waals surface area contributed by atoms with E-state index in [1.54, 1.807) is 6.20 Å². The minimum absolute atomic E-state index is 0.00815. The monoisotopic (exact) mass is 310 g/mol. The average molecular weight is 310 g/mol. The van der Waals surface area contributed by atoms with Gasteiger partial charge in [-0.15, -0.1) is 0 Å². The molecule has 2 atom stereocenters. The summed E-state index contributed by atoms with van der Waals surface area (Å²) >= 11 is 0. The lowest BCUT2D eigenvalue weighted by Gasteiger charge is -2.39. The largest absolute Gasteiger partial charge is 0.374 e. The molecule has 0 saturated carbocycles. The molecule has 1 aliphatic rings. The lowest BCUT2D eigenvalue weighted by Crippen LogP contribution is -2.46. The van der Waals surface area contributed by atoms with E-state index < -0.39 is 0 Å². The molecule has 1 aromatic carbocycles. The summed E-state index contributed by atoms with van der Waals surface area (Å²) in [4.78, 5) is 18.8. The summed E-state index contributed by atoms with van der Waals surface area (Å²) in [5.74, 6) is 0.179. The van der Waals surface area contributed by atoms with Crippen LogP contribution in [-0.2, 0) is 16.0 Å². The van der Waals surface area contributed by atoms with E-state index >= 15 is 0 Å². The SMILES string of the molecule is C[C@@H]1CN(C(=O)CCc2cccnc2)[C@H](c2ccccc2)CO1. The number of hydrogen-bond acceptors (Lipinski definition) is 3. The highest BCUT2D eigenvalue weighted by atomic mass is 16.5. The lowest BCUT2D eigenvalue weighted by molar-refractivity contribution is -0.144. The minimum Gasteiger partial charge on any atom is -0.374 e. The third kappa shape index (κ3) is 3.96. The predicted octanol–water partition coefficient (Wildman–Crippen LogP) is 3.00. The maximum absolute atomic E-state index is 12.8. The Morgan fingerprint density at radius 2 is 2.09 bits per heavy atom. The molecule has 0 bridgehead atoms. The Kier molecular flexibility index (Phi) is 5.03. The number of amides is 1. The summed E-state index contributed by atoms with van der Waals surface area (Å²) in [5.41, 5.74) is 2.23. The van der Waals surface area contributed by atoms with Crippen LogP contribution in [0.25, 0.3) is 0 Å². The third-order valence-electron chi connectivity index (χ3n) is 4.22. The van der Waals surface area contributed by atoms with Crippen molar-refractivity contribution in [1.29, 1.82) is 0 Å². The number of aromatic nitrogens is 1. The van der Waals surface area contributed by atoms with Gasteiger partial charge in [0, 0.05) is 25.4 Å². The van der Waals surface area contributed by atoms with Crippen molar-refractivity contribution >= 4 is 5.91 Å². The standard InChI is InChI=1S/C19H22N2O2/c1-15-13-21(18(14-23-15)17-7-3-2-4-8-17)19(22)10-9-16-6-5-11-20-12-16/h2-8,11-12,15,18H,9-10,13-14H2,1H3/t15-,18+/m1/s1. The number of hydrogen-bond donors (Lipinski definition) is 0. The van der Waals surface area contributed by atoms with Crippen LogP contribution in [0.15, 0.2) is 54.9 Å². The molecule has 2 heterocycles. The van der Waals surface area contributed by atoms with E-state index in [2.05, 4.69) is 17.1 Å². The van der Waals surface area contributed by atoms with E-state index in [1.807, 2.05) is 48.4 Å². The number of rotatable bonds is 4. The first-order chi connectivity index (χ1) is 11.2. The van der Waals surface area contributed by atoms with Crippen LogP contribution < -0.4 is 0 Å². The first kappa shape index (κ1) is 15.7. The molecule has 1 fully saturated rings. The predicted molar refractivity (Wildman–Crippen MR) is 88.9 cm³/mol. The summed E-state index contributed by atoms with van der Waals surface area (Å²) in [5, 5.41) is 0. The van der Waals surface area contributed by atoms with Gasteiger partial charge in [-0.25, -0.2) is 0 Å². The molecule has 4 nitrogen and oxygen atoms in total. The van der Waals surface area contributed by atoms with Gasteiger partial charge in [-0.1, -0.05) is 36.4 Å². The molecule has 1 aromatic heterocycles. The number of pyridine rings is 1. The Morgan fingerprint density at radius 3 is 2.83 bits per heavy atom. The molecule has 0 unspecified atom stereocenters. The van der Waals surface area contributed by atoms with Crippen LogP contribution in [0.4, 0.5) is 0 Å². The van der Waals surface area contributed by atoms with Crippen molar-refractivity contribution in [2.24, 2.45) is 0 Å². The molecular weight excluding hydrogens is 288 g/mol. The average Bonchev–Trinajstić information content (AvgIpc) is 2.61. The van der Waals surface area contributed by atoms with E-state index in [0.29, 0.717) is 19.6 Å². The summed E-state index contributed by atoms with van der Waals surface area (Å²) in [7, 11) is 0. The quantitative estimate of drug-likeness (QED) is 0.872. The van der Waals surface area contributed by atoms with Crippen molar-refractivity contribution in [2.75, 3.05) is 13.2 Å². The fraction of sp³-hybridized carbons (Fsp3) is 0.368. The van der Waals surface area contributed by atoms with Gasteiger partial charge in [-0.05, 0) is 30.5 Å². The molecule has 0 radical (unpaired) electrons. The van der Waals surface area contributed by atoms with Crippen molar-refractivity contribution < 1.29 is 9.53 Å². The minimum atomic E-state index is 0.00815. The summed E-state index contributed by atoms with van der Waals surface area (Å²) < 4.78 is 5.78. The Hall–Kier alpha value is -2.20. The normalized spacial score (nSPS) is 21.2. The molecule has 0 N–H and O–H groups in total. The number of benzene rings is 1. The molecule has 23 heavy (non-hydrogen) atoms. The molecule has 2 aromatic rings. The number of carbonyl (C=O) groups is 1. The highest BCUT2D eigenvalue weighted by molar-refractivity contribution is 5.77. The second-order valence-corrected chi connectivity index (χ2v) is 5.98. The van der Waals surface area contributed by atoms with Crippen molar-refractivity contribution in [1.82, 2.24) is 9.88 Å². The van der Waals surface area contributed by atoms with E-state index in [0.717, 1.165) is 17.5 Å². The van der Waals surface area contributed by atoms with Gasteiger partial charge in [0.15, 0.2) is 0 Å². The molecule has 1 saturated heterocycles. The third-order valence-corrected chi connectivity index (χ3v) is 4.22. The molecule has 120 valence electrons. The van der Waals surface area contributed by atoms with Crippen molar-refractivity contribution in [3.05, 3.63) is 66.0 Å². The number of aryl methyl sites for hydroxylation is 1. The van der Waals surface area contributed by atoms with E-state index in [4.69, 9.17) is 4.74 Å². The molecule has 4 heteroatoms. The van der Waals surface area contributed by atoms with Gasteiger partial charge >= 0.3 is 0 Å². The fourth-order valence-corrected chi connectivity index (χ4v) is 2.97. The highest BCUT2D eigenvalue weighted by Crippen LogP contribution is 2.27. The number of carbonyl (C=O) groups excluding carboxylic acids is 1. The van der Waals surface area contributed by atoms with Gasteiger partial charge < -0.3 is 9.64 Å². The second kappa shape index (κ2) is 7.38. The van der Waals surface area contributed by atoms with Crippen molar-refractivity contribution in [3.63, 3.8) is 0 Å². The number of nitrogens with zero attached hydrogens (tertiary/aromatic N) is 2. The first-order valence-electron chi connectivity index (χ1n) is 8.09. The molecule has 3 rings (SSSR count). The van der Waals surface area contributed by atoms with Crippen LogP contribution in [-0.4, -0.2) is 35.0 Å². The topological polar surface area (TPSA) is 42.4 Å². The maximum Gasteiger partial charge on any atom is 0.223 e. The van der Waals surface area contributed by atoms with Gasteiger partial charge in [0.1, 0.15) is 0 Å². The van der Waals surface area contributed by atoms with Crippen molar-refractivity contribution in [3.8, 4) is 0 Å². The van der Waals surface area contributed by atoms with Gasteiger partial charge in [-0.3, -0.25) is 9.78 Å². The summed E-state index contributed by atoms with van der Waals surface area (Å²) in [6.07, 6.45) is 4.88. The molecular formula is C19H22N2O2. The van der Waals surface area contributed by atoms with Crippen LogP contribution in [0, 0.1) is 0 Å². The van der Waals surface area contributed by atoms with Gasteiger partial charge in [0.25, 0.3) is 0 Å². The number of morpholine rings is 1. The molecule has 0 aliphatic carbocycles. The van der Waals surface area contributed by atoms with Crippen LogP contribution in [0.5, 0.6) is 0 Å². The van der Waals surface area contributed by atoms with E-state index in [9.17, 15) is 4.79 Å². The smallest absolute Gasteiger partial charge is 0.223 e. The fourth-order valence-electron chi connectivity index (χ4n) is 2.97. The highest BCUT2D eigenvalue weighted by Gasteiger charge is 2.31. The van der Waals surface area contributed by atoms with Crippen LogP contribution in [0.1, 0.15) is 30.5 Å². The zero-order valence-electron chi connectivity index (χ0n) is 13.4. The van der Waals surface area contributed by atoms with Gasteiger partial charge in [-0.2, -0.15) is 0 Å². The van der Waals surface area contributed by atoms with Gasteiger partial charge in [0.2, 0.25) is 5.91 Å².